The van der Waals surface area contributed by atoms with Gasteiger partial charge in [0.1, 0.15) is 6.61 Å². The van der Waals surface area contributed by atoms with Crippen molar-refractivity contribution in [1.82, 2.24) is 10.2 Å². The van der Waals surface area contributed by atoms with E-state index in [2.05, 4.69) is 22.8 Å². The average Bonchev–Trinajstić information content (AvgIpc) is 2.66. The van der Waals surface area contributed by atoms with Crippen LogP contribution in [0.5, 0.6) is 0 Å². The maximum atomic E-state index is 12.5. The second-order valence-corrected chi connectivity index (χ2v) is 6.28. The number of fused-ring (bicyclic) bond motifs is 1. The minimum Gasteiger partial charge on any atom is -0.375 e. The van der Waals surface area contributed by atoms with Crippen molar-refractivity contribution < 1.29 is 14.3 Å². The van der Waals surface area contributed by atoms with E-state index in [0.717, 1.165) is 18.5 Å². The number of anilines is 1. The molecule has 2 aromatic rings. The van der Waals surface area contributed by atoms with E-state index < -0.39 is 0 Å². The number of hydrogen-bond donors (Lipinski definition) is 2. The Morgan fingerprint density at radius 1 is 1.12 bits per heavy atom. The van der Waals surface area contributed by atoms with E-state index in [9.17, 15) is 9.59 Å². The fourth-order valence-electron chi connectivity index (χ4n) is 3.05. The highest BCUT2D eigenvalue weighted by Crippen LogP contribution is 2.18. The van der Waals surface area contributed by atoms with Crippen LogP contribution in [-0.4, -0.2) is 37.1 Å². The van der Waals surface area contributed by atoms with Crippen molar-refractivity contribution >= 4 is 17.6 Å². The van der Waals surface area contributed by atoms with E-state index in [0.29, 0.717) is 18.8 Å². The highest BCUT2D eigenvalue weighted by atomic mass is 16.5. The fourth-order valence-corrected chi connectivity index (χ4v) is 3.05. The van der Waals surface area contributed by atoms with Crippen LogP contribution in [0.3, 0.4) is 0 Å². The number of rotatable bonds is 5. The largest absolute Gasteiger partial charge is 0.375 e. The summed E-state index contributed by atoms with van der Waals surface area (Å²) < 4.78 is 4.80. The number of nitrogens with one attached hydrogen (secondary N) is 2. The van der Waals surface area contributed by atoms with Gasteiger partial charge < -0.3 is 20.3 Å². The van der Waals surface area contributed by atoms with Gasteiger partial charge in [-0.25, -0.2) is 4.79 Å². The van der Waals surface area contributed by atoms with Crippen LogP contribution in [0.2, 0.25) is 0 Å². The average molecular weight is 353 g/mol. The summed E-state index contributed by atoms with van der Waals surface area (Å²) in [7, 11) is 1.48. The van der Waals surface area contributed by atoms with E-state index in [1.807, 2.05) is 35.2 Å². The van der Waals surface area contributed by atoms with Crippen molar-refractivity contribution in [1.29, 1.82) is 0 Å². The zero-order valence-electron chi connectivity index (χ0n) is 14.8. The molecule has 0 spiro atoms. The molecular formula is C20H23N3O3. The van der Waals surface area contributed by atoms with Gasteiger partial charge in [-0.3, -0.25) is 4.79 Å². The standard InChI is InChI=1S/C20H23N3O3/c1-26-14-19(24)22-18-8-4-5-15(11-18)12-21-20(25)23-10-9-16-6-2-3-7-17(16)13-23/h2-8,11H,9-10,12-14H2,1H3,(H,21,25)(H,22,24). The third kappa shape index (κ3) is 4.61. The Bertz CT molecular complexity index is 791. The first-order chi connectivity index (χ1) is 12.7. The summed E-state index contributed by atoms with van der Waals surface area (Å²) in [6.07, 6.45) is 0.880. The Hall–Kier alpha value is -2.86. The summed E-state index contributed by atoms with van der Waals surface area (Å²) in [6.45, 7) is 1.77. The number of carbonyl (C=O) groups is 2. The van der Waals surface area contributed by atoms with Crippen molar-refractivity contribution in [2.24, 2.45) is 0 Å². The lowest BCUT2D eigenvalue weighted by molar-refractivity contribution is -0.119. The SMILES string of the molecule is COCC(=O)Nc1cccc(CNC(=O)N2CCc3ccccc3C2)c1. The molecule has 0 aliphatic carbocycles. The molecule has 0 unspecified atom stereocenters. The molecule has 3 rings (SSSR count). The first-order valence-corrected chi connectivity index (χ1v) is 8.63. The van der Waals surface area contributed by atoms with Crippen LogP contribution >= 0.6 is 0 Å². The van der Waals surface area contributed by atoms with Crippen molar-refractivity contribution in [3.05, 3.63) is 65.2 Å². The number of benzene rings is 2. The molecule has 3 amide bonds. The number of urea groups is 1. The van der Waals surface area contributed by atoms with Gasteiger partial charge >= 0.3 is 6.03 Å². The molecule has 1 aliphatic rings. The summed E-state index contributed by atoms with van der Waals surface area (Å²) >= 11 is 0. The van der Waals surface area contributed by atoms with E-state index in [-0.39, 0.29) is 18.5 Å². The highest BCUT2D eigenvalue weighted by Gasteiger charge is 2.19. The van der Waals surface area contributed by atoms with Gasteiger partial charge in [0.15, 0.2) is 0 Å². The van der Waals surface area contributed by atoms with E-state index in [1.54, 1.807) is 6.07 Å². The fraction of sp³-hybridized carbons (Fsp3) is 0.300. The minimum atomic E-state index is -0.208. The number of carbonyl (C=O) groups excluding carboxylic acids is 2. The topological polar surface area (TPSA) is 70.7 Å². The van der Waals surface area contributed by atoms with Gasteiger partial charge in [0.2, 0.25) is 5.91 Å². The van der Waals surface area contributed by atoms with Crippen LogP contribution in [0, 0.1) is 0 Å². The summed E-state index contributed by atoms with van der Waals surface area (Å²) in [5.74, 6) is -0.208. The van der Waals surface area contributed by atoms with Gasteiger partial charge in [-0.2, -0.15) is 0 Å². The first kappa shape index (κ1) is 17.9. The molecule has 0 saturated heterocycles. The van der Waals surface area contributed by atoms with Crippen molar-refractivity contribution in [2.75, 3.05) is 25.6 Å². The molecule has 136 valence electrons. The maximum Gasteiger partial charge on any atom is 0.317 e. The molecular weight excluding hydrogens is 330 g/mol. The molecule has 2 aromatic carbocycles. The van der Waals surface area contributed by atoms with Crippen molar-refractivity contribution in [3.63, 3.8) is 0 Å². The Kier molecular flexibility index (Phi) is 5.86. The van der Waals surface area contributed by atoms with Crippen LogP contribution in [0.1, 0.15) is 16.7 Å². The van der Waals surface area contributed by atoms with Gasteiger partial charge in [-0.05, 0) is 35.2 Å². The second kappa shape index (κ2) is 8.49. The number of nitrogens with zero attached hydrogens (tertiary/aromatic N) is 1. The molecule has 6 heteroatoms. The summed E-state index contributed by atoms with van der Waals surface area (Å²) in [5.41, 5.74) is 4.13. The lowest BCUT2D eigenvalue weighted by Crippen LogP contribution is -2.42. The van der Waals surface area contributed by atoms with Gasteiger partial charge in [0, 0.05) is 32.4 Å². The summed E-state index contributed by atoms with van der Waals surface area (Å²) in [6, 6.07) is 15.6. The lowest BCUT2D eigenvalue weighted by Gasteiger charge is -2.29. The molecule has 0 bridgehead atoms. The minimum absolute atomic E-state index is 0.0113. The zero-order chi connectivity index (χ0) is 18.4. The van der Waals surface area contributed by atoms with E-state index >= 15 is 0 Å². The monoisotopic (exact) mass is 353 g/mol. The summed E-state index contributed by atoms with van der Waals surface area (Å²) in [4.78, 5) is 25.9. The van der Waals surface area contributed by atoms with Gasteiger partial charge in [0.25, 0.3) is 0 Å². The molecule has 26 heavy (non-hydrogen) atoms. The quantitative estimate of drug-likeness (QED) is 0.868. The predicted octanol–water partition coefficient (Wildman–Crippen LogP) is 2.54. The Morgan fingerprint density at radius 2 is 1.92 bits per heavy atom. The molecule has 0 aromatic heterocycles. The highest BCUT2D eigenvalue weighted by molar-refractivity contribution is 5.91. The van der Waals surface area contributed by atoms with Crippen LogP contribution in [-0.2, 0) is 29.0 Å². The van der Waals surface area contributed by atoms with Crippen LogP contribution < -0.4 is 10.6 Å². The van der Waals surface area contributed by atoms with Crippen LogP contribution in [0.4, 0.5) is 10.5 Å². The third-order valence-corrected chi connectivity index (χ3v) is 4.35. The molecule has 6 nitrogen and oxygen atoms in total. The van der Waals surface area contributed by atoms with Gasteiger partial charge in [0.05, 0.1) is 0 Å². The van der Waals surface area contributed by atoms with Gasteiger partial charge in [-0.1, -0.05) is 36.4 Å². The molecule has 0 fully saturated rings. The normalized spacial score (nSPS) is 13.0. The Morgan fingerprint density at radius 3 is 2.73 bits per heavy atom. The Labute approximate surface area is 153 Å². The number of methoxy groups -OCH3 is 1. The van der Waals surface area contributed by atoms with E-state index in [4.69, 9.17) is 4.74 Å². The first-order valence-electron chi connectivity index (χ1n) is 8.63. The third-order valence-electron chi connectivity index (χ3n) is 4.35. The molecule has 1 aliphatic heterocycles. The summed E-state index contributed by atoms with van der Waals surface area (Å²) in [5, 5.41) is 5.71. The molecule has 0 atom stereocenters. The van der Waals surface area contributed by atoms with E-state index in [1.165, 1.54) is 18.2 Å². The molecule has 1 heterocycles. The number of amides is 3. The van der Waals surface area contributed by atoms with Crippen molar-refractivity contribution in [3.8, 4) is 0 Å². The Balaban J connectivity index is 1.54. The lowest BCUT2D eigenvalue weighted by atomic mass is 10.0. The van der Waals surface area contributed by atoms with Gasteiger partial charge in [-0.15, -0.1) is 0 Å². The smallest absolute Gasteiger partial charge is 0.317 e. The number of hydrogen-bond acceptors (Lipinski definition) is 3. The number of ether oxygens (including phenoxy) is 1. The predicted molar refractivity (Wildman–Crippen MR) is 99.7 cm³/mol. The molecule has 0 saturated carbocycles. The van der Waals surface area contributed by atoms with Crippen molar-refractivity contribution in [2.45, 2.75) is 19.5 Å². The zero-order valence-corrected chi connectivity index (χ0v) is 14.8. The van der Waals surface area contributed by atoms with Crippen LogP contribution in [0.25, 0.3) is 0 Å². The molecule has 2 N–H and O–H groups in total. The second-order valence-electron chi connectivity index (χ2n) is 6.28. The molecule has 0 radical (unpaired) electrons. The van der Waals surface area contributed by atoms with Crippen LogP contribution in [0.15, 0.2) is 48.5 Å². The maximum absolute atomic E-state index is 12.5.